The first-order chi connectivity index (χ1) is 25.6. The van der Waals surface area contributed by atoms with Crippen molar-refractivity contribution in [1.29, 1.82) is 0 Å². The van der Waals surface area contributed by atoms with Crippen LogP contribution in [0.1, 0.15) is 33.6 Å². The molecule has 2 aliphatic rings. The lowest BCUT2D eigenvalue weighted by molar-refractivity contribution is 0.723. The van der Waals surface area contributed by atoms with E-state index in [-0.39, 0.29) is 0 Å². The van der Waals surface area contributed by atoms with Crippen LogP contribution in [-0.2, 0) is 5.41 Å². The number of hydrogen-bond donors (Lipinski definition) is 0. The van der Waals surface area contributed by atoms with Crippen LogP contribution in [0.15, 0.2) is 174 Å². The molecule has 4 heteroatoms. The molecule has 8 aromatic rings. The van der Waals surface area contributed by atoms with Gasteiger partial charge in [0.25, 0.3) is 0 Å². The van der Waals surface area contributed by atoms with Crippen molar-refractivity contribution in [2.75, 3.05) is 0 Å². The molecule has 2 aromatic heterocycles. The molecule has 1 unspecified atom stereocenters. The molecule has 0 bridgehead atoms. The van der Waals surface area contributed by atoms with Gasteiger partial charge in [0.1, 0.15) is 0 Å². The van der Waals surface area contributed by atoms with Gasteiger partial charge < -0.3 is 0 Å². The minimum Gasteiger partial charge on any atom is -0.261 e. The molecule has 1 atom stereocenters. The summed E-state index contributed by atoms with van der Waals surface area (Å²) in [7, 11) is 0. The molecule has 0 fully saturated rings. The van der Waals surface area contributed by atoms with Gasteiger partial charge in [0, 0.05) is 44.1 Å². The third-order valence-corrected chi connectivity index (χ3v) is 11.9. The summed E-state index contributed by atoms with van der Waals surface area (Å²) in [6, 6.07) is 57.0. The summed E-state index contributed by atoms with van der Waals surface area (Å²) in [5.74, 6) is 0.741. The highest BCUT2D eigenvalue weighted by Gasteiger charge is 2.51. The van der Waals surface area contributed by atoms with Crippen molar-refractivity contribution in [3.63, 3.8) is 0 Å². The predicted molar refractivity (Wildman–Crippen MR) is 212 cm³/mol. The number of pyridine rings is 1. The highest BCUT2D eigenvalue weighted by atomic mass is 32.2. The lowest BCUT2D eigenvalue weighted by Gasteiger charge is -2.40. The van der Waals surface area contributed by atoms with Crippen LogP contribution in [0.5, 0.6) is 0 Å². The second-order valence-corrected chi connectivity index (χ2v) is 14.6. The van der Waals surface area contributed by atoms with Crippen molar-refractivity contribution < 1.29 is 0 Å². The first kappa shape index (κ1) is 30.7. The Morgan fingerprint density at radius 1 is 0.481 bits per heavy atom. The van der Waals surface area contributed by atoms with Crippen molar-refractivity contribution in [2.24, 2.45) is 0 Å². The number of nitrogens with zero attached hydrogens (tertiary/aromatic N) is 3. The number of aromatic nitrogens is 3. The maximum Gasteiger partial charge on any atom is 0.160 e. The molecule has 3 heterocycles. The molecule has 6 aromatic carbocycles. The maximum atomic E-state index is 5.23. The van der Waals surface area contributed by atoms with Gasteiger partial charge in [-0.3, -0.25) is 4.98 Å². The first-order valence-electron chi connectivity index (χ1n) is 17.7. The monoisotopic (exact) mass is 683 g/mol. The van der Waals surface area contributed by atoms with Gasteiger partial charge in [-0.2, -0.15) is 0 Å². The van der Waals surface area contributed by atoms with Crippen LogP contribution < -0.4 is 0 Å². The maximum absolute atomic E-state index is 5.23. The van der Waals surface area contributed by atoms with Crippen LogP contribution >= 0.6 is 11.8 Å². The summed E-state index contributed by atoms with van der Waals surface area (Å²) in [6.07, 6.45) is 1.95. The fourth-order valence-corrected chi connectivity index (χ4v) is 9.90. The van der Waals surface area contributed by atoms with Gasteiger partial charge in [0.2, 0.25) is 0 Å². The lowest BCUT2D eigenvalue weighted by atomic mass is 9.66. The summed E-state index contributed by atoms with van der Waals surface area (Å²) in [6.45, 7) is 4.18. The van der Waals surface area contributed by atoms with Crippen molar-refractivity contribution in [3.8, 4) is 56.0 Å². The van der Waals surface area contributed by atoms with E-state index in [4.69, 9.17) is 15.0 Å². The number of fused-ring (bicyclic) bond motifs is 9. The Balaban J connectivity index is 1.28. The molecule has 52 heavy (non-hydrogen) atoms. The fraction of sp³-hybridized carbons (Fsp3) is 0.0625. The van der Waals surface area contributed by atoms with Crippen LogP contribution in [-0.4, -0.2) is 15.0 Å². The van der Waals surface area contributed by atoms with E-state index < -0.39 is 5.41 Å². The molecule has 246 valence electrons. The van der Waals surface area contributed by atoms with Crippen LogP contribution in [0, 0.1) is 13.8 Å². The topological polar surface area (TPSA) is 38.7 Å². The highest BCUT2D eigenvalue weighted by Crippen LogP contribution is 2.64. The zero-order valence-electron chi connectivity index (χ0n) is 28.8. The Labute approximate surface area is 308 Å². The zero-order chi connectivity index (χ0) is 34.8. The van der Waals surface area contributed by atoms with E-state index >= 15 is 0 Å². The molecule has 0 amide bonds. The normalized spacial score (nSPS) is 15.1. The van der Waals surface area contributed by atoms with Gasteiger partial charge in [-0.25, -0.2) is 9.97 Å². The van der Waals surface area contributed by atoms with Crippen LogP contribution in [0.4, 0.5) is 0 Å². The number of aryl methyl sites for hydroxylation is 2. The Morgan fingerprint density at radius 2 is 1.12 bits per heavy atom. The highest BCUT2D eigenvalue weighted by molar-refractivity contribution is 7.99. The summed E-state index contributed by atoms with van der Waals surface area (Å²) in [5, 5.41) is 0. The van der Waals surface area contributed by atoms with Crippen LogP contribution in [0.25, 0.3) is 56.0 Å². The molecule has 0 saturated heterocycles. The Bertz CT molecular complexity index is 2690. The summed E-state index contributed by atoms with van der Waals surface area (Å²) >= 11 is 1.88. The quantitative estimate of drug-likeness (QED) is 0.185. The fourth-order valence-electron chi connectivity index (χ4n) is 8.58. The van der Waals surface area contributed by atoms with Gasteiger partial charge in [-0.1, -0.05) is 151 Å². The number of hydrogen-bond acceptors (Lipinski definition) is 4. The van der Waals surface area contributed by atoms with Crippen LogP contribution in [0.3, 0.4) is 0 Å². The second-order valence-electron chi connectivity index (χ2n) is 13.6. The molecule has 1 aliphatic carbocycles. The van der Waals surface area contributed by atoms with Crippen molar-refractivity contribution in [1.82, 2.24) is 15.0 Å². The molecule has 0 N–H and O–H groups in total. The van der Waals surface area contributed by atoms with Crippen molar-refractivity contribution in [3.05, 3.63) is 198 Å². The van der Waals surface area contributed by atoms with E-state index in [1.165, 1.54) is 65.4 Å². The second kappa shape index (κ2) is 12.0. The van der Waals surface area contributed by atoms with E-state index in [0.717, 1.165) is 34.0 Å². The molecule has 10 rings (SSSR count). The lowest BCUT2D eigenvalue weighted by Crippen LogP contribution is -2.32. The molecule has 0 radical (unpaired) electrons. The molecular weight excluding hydrogens is 651 g/mol. The van der Waals surface area contributed by atoms with Crippen LogP contribution in [0.2, 0.25) is 0 Å². The van der Waals surface area contributed by atoms with Gasteiger partial charge in [-0.05, 0) is 82.1 Å². The van der Waals surface area contributed by atoms with Gasteiger partial charge in [-0.15, -0.1) is 0 Å². The molecule has 1 spiro atoms. The summed E-state index contributed by atoms with van der Waals surface area (Å²) < 4.78 is 0. The largest absolute Gasteiger partial charge is 0.261 e. The molecule has 3 nitrogen and oxygen atoms in total. The molecule has 0 saturated carbocycles. The smallest absolute Gasteiger partial charge is 0.160 e. The summed E-state index contributed by atoms with van der Waals surface area (Å²) in [4.78, 5) is 17.4. The van der Waals surface area contributed by atoms with E-state index in [1.54, 1.807) is 0 Å². The Morgan fingerprint density at radius 3 is 1.92 bits per heavy atom. The minimum atomic E-state index is -0.533. The van der Waals surface area contributed by atoms with E-state index in [1.807, 2.05) is 36.2 Å². The first-order valence-corrected chi connectivity index (χ1v) is 18.5. The molecule has 1 aliphatic heterocycles. The average molecular weight is 684 g/mol. The van der Waals surface area contributed by atoms with E-state index in [2.05, 4.69) is 153 Å². The van der Waals surface area contributed by atoms with Crippen molar-refractivity contribution >= 4 is 11.8 Å². The van der Waals surface area contributed by atoms with E-state index in [0.29, 0.717) is 0 Å². The van der Waals surface area contributed by atoms with Gasteiger partial charge in [0.15, 0.2) is 5.82 Å². The standard InChI is InChI=1S/C48H33N3S/c1-30-29-42(51-47(50-30)33-17-7-4-8-18-33)37-21-14-24-40-45(37)36-19-9-10-22-38(36)48(40)39-23-11-12-26-43(39)52-46-35(20-13-25-41(46)48)34-27-28-49-31(2)44(34)32-15-5-3-6-16-32/h3-29H,1-2H3. The number of rotatable bonds is 4. The molecular formula is C48H33N3S. The zero-order valence-corrected chi connectivity index (χ0v) is 29.7. The Kier molecular flexibility index (Phi) is 7.09. The third kappa shape index (κ3) is 4.51. The van der Waals surface area contributed by atoms with Crippen molar-refractivity contribution in [2.45, 2.75) is 29.1 Å². The Hall–Kier alpha value is -6.10. The number of benzene rings is 6. The minimum absolute atomic E-state index is 0.533. The summed E-state index contributed by atoms with van der Waals surface area (Å²) in [5.41, 5.74) is 16.9. The van der Waals surface area contributed by atoms with Gasteiger partial charge in [0.05, 0.1) is 11.1 Å². The predicted octanol–water partition coefficient (Wildman–Crippen LogP) is 12.0. The average Bonchev–Trinajstić information content (AvgIpc) is 3.49. The SMILES string of the molecule is Cc1cc(-c2cccc3c2-c2ccccc2C32c3ccccc3Sc3c(-c4ccnc(C)c4-c4ccccc4)cccc32)nc(-c2ccccc2)n1. The van der Waals surface area contributed by atoms with E-state index in [9.17, 15) is 0 Å². The van der Waals surface area contributed by atoms with Gasteiger partial charge >= 0.3 is 0 Å². The third-order valence-electron chi connectivity index (χ3n) is 10.6.